The first-order valence-corrected chi connectivity index (χ1v) is 10.4. The predicted octanol–water partition coefficient (Wildman–Crippen LogP) is 3.81. The molecule has 148 valence electrons. The van der Waals surface area contributed by atoms with Crippen LogP contribution >= 0.6 is 15.9 Å². The third-order valence-electron chi connectivity index (χ3n) is 4.88. The Morgan fingerprint density at radius 2 is 1.71 bits per heavy atom. The molecule has 0 spiro atoms. The Balaban J connectivity index is 1.45. The molecule has 0 saturated carbocycles. The van der Waals surface area contributed by atoms with Crippen molar-refractivity contribution in [2.75, 3.05) is 19.7 Å². The van der Waals surface area contributed by atoms with Gasteiger partial charge in [-0.1, -0.05) is 28.1 Å². The summed E-state index contributed by atoms with van der Waals surface area (Å²) in [5.41, 5.74) is 1.64. The number of piperidine rings is 1. The number of nitrogens with one attached hydrogen (secondary N) is 1. The van der Waals surface area contributed by atoms with E-state index >= 15 is 0 Å². The predicted molar refractivity (Wildman–Crippen MR) is 113 cm³/mol. The van der Waals surface area contributed by atoms with Gasteiger partial charge in [0.05, 0.1) is 13.0 Å². The highest BCUT2D eigenvalue weighted by Gasteiger charge is 2.24. The molecular weight excluding hydrogens is 420 g/mol. The van der Waals surface area contributed by atoms with E-state index in [2.05, 4.69) is 21.2 Å². The lowest BCUT2D eigenvalue weighted by atomic mass is 10.0. The highest BCUT2D eigenvalue weighted by Crippen LogP contribution is 2.16. The van der Waals surface area contributed by atoms with E-state index in [1.807, 2.05) is 48.2 Å². The molecule has 3 rings (SSSR count). The van der Waals surface area contributed by atoms with Crippen LogP contribution in [0.2, 0.25) is 0 Å². The van der Waals surface area contributed by atoms with E-state index in [1.54, 1.807) is 12.1 Å². The van der Waals surface area contributed by atoms with Gasteiger partial charge in [0, 0.05) is 29.2 Å². The number of hydrogen-bond acceptors (Lipinski definition) is 3. The molecule has 1 heterocycles. The molecule has 5 nitrogen and oxygen atoms in total. The molecule has 28 heavy (non-hydrogen) atoms. The molecular formula is C22H25BrN2O3. The number of ether oxygens (including phenoxy) is 1. The van der Waals surface area contributed by atoms with Crippen molar-refractivity contribution in [2.45, 2.75) is 32.2 Å². The number of carbonyl (C=O) groups excluding carboxylic acids is 2. The summed E-state index contributed by atoms with van der Waals surface area (Å²) in [6.45, 7) is 3.91. The first kappa shape index (κ1) is 20.4. The SMILES string of the molecule is CCOc1ccc(CC(=O)N2CCC(NC(=O)c3ccc(Br)cc3)CC2)cc1. The topological polar surface area (TPSA) is 58.6 Å². The van der Waals surface area contributed by atoms with Crippen molar-refractivity contribution in [1.29, 1.82) is 0 Å². The second-order valence-corrected chi connectivity index (χ2v) is 7.80. The van der Waals surface area contributed by atoms with E-state index in [1.165, 1.54) is 0 Å². The summed E-state index contributed by atoms with van der Waals surface area (Å²) >= 11 is 3.37. The second kappa shape index (κ2) is 9.73. The van der Waals surface area contributed by atoms with Gasteiger partial charge in [0.25, 0.3) is 5.91 Å². The van der Waals surface area contributed by atoms with Crippen LogP contribution in [0.25, 0.3) is 0 Å². The molecule has 1 N–H and O–H groups in total. The van der Waals surface area contributed by atoms with E-state index in [4.69, 9.17) is 4.74 Å². The lowest BCUT2D eigenvalue weighted by Crippen LogP contribution is -2.46. The van der Waals surface area contributed by atoms with Crippen molar-refractivity contribution >= 4 is 27.7 Å². The highest BCUT2D eigenvalue weighted by atomic mass is 79.9. The largest absolute Gasteiger partial charge is 0.494 e. The average Bonchev–Trinajstić information content (AvgIpc) is 2.70. The van der Waals surface area contributed by atoms with Gasteiger partial charge in [-0.3, -0.25) is 9.59 Å². The average molecular weight is 445 g/mol. The minimum atomic E-state index is -0.0633. The first-order chi connectivity index (χ1) is 13.5. The van der Waals surface area contributed by atoms with Crippen LogP contribution in [-0.4, -0.2) is 42.5 Å². The number of rotatable bonds is 6. The lowest BCUT2D eigenvalue weighted by molar-refractivity contribution is -0.131. The number of likely N-dealkylation sites (tertiary alicyclic amines) is 1. The molecule has 0 atom stereocenters. The fourth-order valence-electron chi connectivity index (χ4n) is 3.30. The minimum Gasteiger partial charge on any atom is -0.494 e. The van der Waals surface area contributed by atoms with Crippen LogP contribution in [0.5, 0.6) is 5.75 Å². The molecule has 0 unspecified atom stereocenters. The van der Waals surface area contributed by atoms with Gasteiger partial charge >= 0.3 is 0 Å². The molecule has 2 aromatic carbocycles. The van der Waals surface area contributed by atoms with E-state index in [0.717, 1.165) is 28.6 Å². The highest BCUT2D eigenvalue weighted by molar-refractivity contribution is 9.10. The van der Waals surface area contributed by atoms with Gasteiger partial charge in [-0.2, -0.15) is 0 Å². The van der Waals surface area contributed by atoms with Crippen LogP contribution in [0.4, 0.5) is 0 Å². The van der Waals surface area contributed by atoms with E-state index < -0.39 is 0 Å². The number of nitrogens with zero attached hydrogens (tertiary/aromatic N) is 1. The summed E-state index contributed by atoms with van der Waals surface area (Å²) in [6, 6.07) is 15.1. The van der Waals surface area contributed by atoms with Crippen LogP contribution in [0.3, 0.4) is 0 Å². The van der Waals surface area contributed by atoms with E-state index in [-0.39, 0.29) is 17.9 Å². The normalized spacial score (nSPS) is 14.6. The van der Waals surface area contributed by atoms with Crippen molar-refractivity contribution in [3.05, 3.63) is 64.1 Å². The first-order valence-electron chi connectivity index (χ1n) is 9.61. The summed E-state index contributed by atoms with van der Waals surface area (Å²) in [7, 11) is 0. The molecule has 2 amide bonds. The number of carbonyl (C=O) groups is 2. The van der Waals surface area contributed by atoms with Crippen LogP contribution in [-0.2, 0) is 11.2 Å². The zero-order chi connectivity index (χ0) is 19.9. The van der Waals surface area contributed by atoms with Gasteiger partial charge in [-0.05, 0) is 61.7 Å². The maximum Gasteiger partial charge on any atom is 0.251 e. The van der Waals surface area contributed by atoms with Crippen LogP contribution in [0.1, 0.15) is 35.7 Å². The Hall–Kier alpha value is -2.34. The maximum atomic E-state index is 12.6. The fourth-order valence-corrected chi connectivity index (χ4v) is 3.56. The van der Waals surface area contributed by atoms with Gasteiger partial charge in [0.2, 0.25) is 5.91 Å². The van der Waals surface area contributed by atoms with Crippen LogP contribution in [0, 0.1) is 0 Å². The minimum absolute atomic E-state index is 0.0633. The zero-order valence-electron chi connectivity index (χ0n) is 16.0. The van der Waals surface area contributed by atoms with Crippen molar-refractivity contribution in [1.82, 2.24) is 10.2 Å². The summed E-state index contributed by atoms with van der Waals surface area (Å²) in [6.07, 6.45) is 1.94. The van der Waals surface area contributed by atoms with Crippen molar-refractivity contribution in [3.8, 4) is 5.75 Å². The Morgan fingerprint density at radius 1 is 1.07 bits per heavy atom. The maximum absolute atomic E-state index is 12.6. The summed E-state index contributed by atoms with van der Waals surface area (Å²) in [4.78, 5) is 26.8. The van der Waals surface area contributed by atoms with Gasteiger partial charge in [0.1, 0.15) is 5.75 Å². The van der Waals surface area contributed by atoms with E-state index in [0.29, 0.717) is 31.7 Å². The van der Waals surface area contributed by atoms with Gasteiger partial charge in [-0.25, -0.2) is 0 Å². The number of amides is 2. The Labute approximate surface area is 174 Å². The Bertz CT molecular complexity index is 798. The standard InChI is InChI=1S/C22H25BrN2O3/c1-2-28-20-9-3-16(4-10-20)15-21(26)25-13-11-19(12-14-25)24-22(27)17-5-7-18(23)8-6-17/h3-10,19H,2,11-15H2,1H3,(H,24,27). The quantitative estimate of drug-likeness (QED) is 0.736. The molecule has 1 saturated heterocycles. The molecule has 6 heteroatoms. The third-order valence-corrected chi connectivity index (χ3v) is 5.41. The van der Waals surface area contributed by atoms with Crippen LogP contribution < -0.4 is 10.1 Å². The fraction of sp³-hybridized carbons (Fsp3) is 0.364. The Kier molecular flexibility index (Phi) is 7.09. The summed E-state index contributed by atoms with van der Waals surface area (Å²) in [5.74, 6) is 0.884. The number of halogens is 1. The van der Waals surface area contributed by atoms with Crippen molar-refractivity contribution < 1.29 is 14.3 Å². The third kappa shape index (κ3) is 5.58. The van der Waals surface area contributed by atoms with Gasteiger partial charge < -0.3 is 15.0 Å². The van der Waals surface area contributed by atoms with Crippen molar-refractivity contribution in [2.24, 2.45) is 0 Å². The lowest BCUT2D eigenvalue weighted by Gasteiger charge is -2.32. The van der Waals surface area contributed by atoms with Crippen molar-refractivity contribution in [3.63, 3.8) is 0 Å². The number of hydrogen-bond donors (Lipinski definition) is 1. The molecule has 1 aliphatic heterocycles. The van der Waals surface area contributed by atoms with Gasteiger partial charge in [0.15, 0.2) is 0 Å². The van der Waals surface area contributed by atoms with E-state index in [9.17, 15) is 9.59 Å². The smallest absolute Gasteiger partial charge is 0.251 e. The number of benzene rings is 2. The molecule has 0 aliphatic carbocycles. The molecule has 0 aromatic heterocycles. The molecule has 2 aromatic rings. The molecule has 1 fully saturated rings. The molecule has 1 aliphatic rings. The zero-order valence-corrected chi connectivity index (χ0v) is 17.6. The monoisotopic (exact) mass is 444 g/mol. The molecule has 0 bridgehead atoms. The Morgan fingerprint density at radius 3 is 2.32 bits per heavy atom. The van der Waals surface area contributed by atoms with Gasteiger partial charge in [-0.15, -0.1) is 0 Å². The molecule has 0 radical (unpaired) electrons. The second-order valence-electron chi connectivity index (χ2n) is 6.89. The summed E-state index contributed by atoms with van der Waals surface area (Å²) < 4.78 is 6.38. The summed E-state index contributed by atoms with van der Waals surface area (Å²) in [5, 5.41) is 3.08. The van der Waals surface area contributed by atoms with Crippen LogP contribution in [0.15, 0.2) is 53.0 Å².